The number of amides is 3. The SMILES string of the molecule is Cc1cccc(N2CCCN3C4C(=O)N(Cc5ccccc5Cl)C(=O)N(C)C4NC23)c1. The number of fused-ring (bicyclic) bond motifs is 3. The maximum Gasteiger partial charge on any atom is 0.328 e. The third-order valence-corrected chi connectivity index (χ3v) is 6.86. The Bertz CT molecular complexity index is 1030. The van der Waals surface area contributed by atoms with E-state index in [2.05, 4.69) is 46.3 Å². The molecule has 3 heterocycles. The minimum absolute atomic E-state index is 0.134. The van der Waals surface area contributed by atoms with Crippen LogP contribution in [0.4, 0.5) is 10.5 Å². The van der Waals surface area contributed by atoms with Gasteiger partial charge < -0.3 is 9.80 Å². The number of urea groups is 1. The molecule has 0 saturated carbocycles. The Morgan fingerprint density at radius 2 is 1.90 bits per heavy atom. The molecule has 0 bridgehead atoms. The Labute approximate surface area is 187 Å². The van der Waals surface area contributed by atoms with Crippen LogP contribution in [0.3, 0.4) is 0 Å². The van der Waals surface area contributed by atoms with E-state index in [1.807, 2.05) is 18.2 Å². The van der Waals surface area contributed by atoms with Gasteiger partial charge in [0.25, 0.3) is 5.91 Å². The standard InChI is InChI=1S/C23H26ClN5O2/c1-15-7-5-9-17(13-15)27-11-6-12-28-19-20(25-22(27)28)26(2)23(31)29(21(19)30)14-16-8-3-4-10-18(16)24/h3-5,7-10,13,19-20,22,25H,6,11-12,14H2,1-2H3. The lowest BCUT2D eigenvalue weighted by atomic mass is 10.1. The lowest BCUT2D eigenvalue weighted by molar-refractivity contribution is -0.139. The number of nitrogens with one attached hydrogen (secondary N) is 1. The Kier molecular flexibility index (Phi) is 5.12. The lowest BCUT2D eigenvalue weighted by Crippen LogP contribution is -2.66. The van der Waals surface area contributed by atoms with Crippen LogP contribution in [0.15, 0.2) is 48.5 Å². The van der Waals surface area contributed by atoms with Gasteiger partial charge >= 0.3 is 6.03 Å². The van der Waals surface area contributed by atoms with Crippen molar-refractivity contribution in [3.05, 3.63) is 64.7 Å². The van der Waals surface area contributed by atoms with Gasteiger partial charge in [-0.05, 0) is 42.7 Å². The molecule has 3 aliphatic rings. The molecule has 8 heteroatoms. The molecule has 5 rings (SSSR count). The summed E-state index contributed by atoms with van der Waals surface area (Å²) in [5.74, 6) is -0.172. The van der Waals surface area contributed by atoms with Gasteiger partial charge in [-0.3, -0.25) is 19.9 Å². The van der Waals surface area contributed by atoms with Crippen molar-refractivity contribution in [1.82, 2.24) is 20.0 Å². The van der Waals surface area contributed by atoms with E-state index in [9.17, 15) is 9.59 Å². The molecule has 2 aromatic rings. The molecule has 0 spiro atoms. The minimum Gasteiger partial charge on any atom is -0.343 e. The summed E-state index contributed by atoms with van der Waals surface area (Å²) in [6.07, 6.45) is 0.452. The molecule has 3 atom stereocenters. The van der Waals surface area contributed by atoms with E-state index < -0.39 is 6.04 Å². The summed E-state index contributed by atoms with van der Waals surface area (Å²) >= 11 is 6.30. The van der Waals surface area contributed by atoms with Crippen LogP contribution in [0.1, 0.15) is 17.5 Å². The zero-order valence-electron chi connectivity index (χ0n) is 17.7. The van der Waals surface area contributed by atoms with Crippen molar-refractivity contribution in [3.63, 3.8) is 0 Å². The van der Waals surface area contributed by atoms with Gasteiger partial charge in [0.2, 0.25) is 0 Å². The smallest absolute Gasteiger partial charge is 0.328 e. The van der Waals surface area contributed by atoms with Crippen molar-refractivity contribution in [1.29, 1.82) is 0 Å². The number of aryl methyl sites for hydroxylation is 1. The average Bonchev–Trinajstić information content (AvgIpc) is 3.16. The van der Waals surface area contributed by atoms with Crippen molar-refractivity contribution < 1.29 is 9.59 Å². The first-order chi connectivity index (χ1) is 15.0. The van der Waals surface area contributed by atoms with E-state index in [-0.39, 0.29) is 30.9 Å². The monoisotopic (exact) mass is 439 g/mol. The lowest BCUT2D eigenvalue weighted by Gasteiger charge is -2.44. The molecule has 31 heavy (non-hydrogen) atoms. The van der Waals surface area contributed by atoms with E-state index in [1.54, 1.807) is 18.0 Å². The van der Waals surface area contributed by atoms with E-state index in [1.165, 1.54) is 10.5 Å². The highest BCUT2D eigenvalue weighted by atomic mass is 35.5. The molecule has 3 amide bonds. The molecule has 3 fully saturated rings. The van der Waals surface area contributed by atoms with Gasteiger partial charge in [-0.15, -0.1) is 0 Å². The van der Waals surface area contributed by atoms with Gasteiger partial charge in [0.15, 0.2) is 0 Å². The van der Waals surface area contributed by atoms with Crippen molar-refractivity contribution in [2.45, 2.75) is 38.4 Å². The highest BCUT2D eigenvalue weighted by molar-refractivity contribution is 6.31. The molecule has 2 aromatic carbocycles. The van der Waals surface area contributed by atoms with Crippen molar-refractivity contribution in [3.8, 4) is 0 Å². The third kappa shape index (κ3) is 3.37. The second-order valence-electron chi connectivity index (χ2n) is 8.46. The molecule has 162 valence electrons. The molecule has 7 nitrogen and oxygen atoms in total. The maximum atomic E-state index is 13.6. The van der Waals surface area contributed by atoms with E-state index in [4.69, 9.17) is 11.6 Å². The number of rotatable bonds is 3. The number of hydrogen-bond acceptors (Lipinski definition) is 5. The highest BCUT2D eigenvalue weighted by Crippen LogP contribution is 2.34. The summed E-state index contributed by atoms with van der Waals surface area (Å²) < 4.78 is 0. The summed E-state index contributed by atoms with van der Waals surface area (Å²) in [4.78, 5) is 34.1. The quantitative estimate of drug-likeness (QED) is 0.797. The molecule has 3 unspecified atom stereocenters. The number of anilines is 1. The third-order valence-electron chi connectivity index (χ3n) is 6.49. The Hall–Kier alpha value is -2.61. The van der Waals surface area contributed by atoms with Crippen LogP contribution in [0.25, 0.3) is 0 Å². The molecule has 0 aliphatic carbocycles. The number of carbonyl (C=O) groups is 2. The molecule has 3 aliphatic heterocycles. The van der Waals surface area contributed by atoms with Gasteiger partial charge in [-0.1, -0.05) is 41.9 Å². The summed E-state index contributed by atoms with van der Waals surface area (Å²) in [6, 6.07) is 15.0. The summed E-state index contributed by atoms with van der Waals surface area (Å²) in [5, 5.41) is 4.11. The van der Waals surface area contributed by atoms with Crippen molar-refractivity contribution in [2.75, 3.05) is 25.0 Å². The average molecular weight is 440 g/mol. The topological polar surface area (TPSA) is 59.1 Å². The molecule has 1 N–H and O–H groups in total. The summed E-state index contributed by atoms with van der Waals surface area (Å²) in [7, 11) is 1.76. The summed E-state index contributed by atoms with van der Waals surface area (Å²) in [5.41, 5.74) is 3.08. The largest absolute Gasteiger partial charge is 0.343 e. The zero-order chi connectivity index (χ0) is 21.7. The van der Waals surface area contributed by atoms with E-state index >= 15 is 0 Å². The normalized spacial score (nSPS) is 26.3. The number of carbonyl (C=O) groups excluding carboxylic acids is 2. The van der Waals surface area contributed by atoms with Gasteiger partial charge in [0, 0.05) is 30.8 Å². The van der Waals surface area contributed by atoms with Crippen LogP contribution in [-0.4, -0.2) is 65.3 Å². The second kappa shape index (κ2) is 7.82. The van der Waals surface area contributed by atoms with Gasteiger partial charge in [-0.25, -0.2) is 4.79 Å². The zero-order valence-corrected chi connectivity index (χ0v) is 18.4. The Morgan fingerprint density at radius 3 is 2.68 bits per heavy atom. The molecule has 0 radical (unpaired) electrons. The predicted octanol–water partition coefficient (Wildman–Crippen LogP) is 2.84. The molecular weight excluding hydrogens is 414 g/mol. The first-order valence-electron chi connectivity index (χ1n) is 10.6. The first kappa shape index (κ1) is 20.3. The van der Waals surface area contributed by atoms with Crippen molar-refractivity contribution >= 4 is 29.2 Å². The van der Waals surface area contributed by atoms with E-state index in [0.29, 0.717) is 5.02 Å². The van der Waals surface area contributed by atoms with Crippen LogP contribution in [0.5, 0.6) is 0 Å². The molecule has 3 saturated heterocycles. The fourth-order valence-electron chi connectivity index (χ4n) is 4.93. The van der Waals surface area contributed by atoms with E-state index in [0.717, 1.165) is 30.8 Å². The Morgan fingerprint density at radius 1 is 1.10 bits per heavy atom. The predicted molar refractivity (Wildman–Crippen MR) is 120 cm³/mol. The van der Waals surface area contributed by atoms with Crippen LogP contribution >= 0.6 is 11.6 Å². The van der Waals surface area contributed by atoms with Gasteiger partial charge in [0.1, 0.15) is 18.5 Å². The van der Waals surface area contributed by atoms with Gasteiger partial charge in [0.05, 0.1) is 6.54 Å². The number of benzene rings is 2. The number of imide groups is 1. The minimum atomic E-state index is -0.428. The van der Waals surface area contributed by atoms with Crippen LogP contribution in [0.2, 0.25) is 5.02 Å². The Balaban J connectivity index is 1.45. The fraction of sp³-hybridized carbons (Fsp3) is 0.391. The highest BCUT2D eigenvalue weighted by Gasteiger charge is 2.56. The summed E-state index contributed by atoms with van der Waals surface area (Å²) in [6.45, 7) is 3.95. The molecular formula is C23H26ClN5O2. The van der Waals surface area contributed by atoms with Crippen LogP contribution in [0, 0.1) is 6.92 Å². The maximum absolute atomic E-state index is 13.6. The van der Waals surface area contributed by atoms with Gasteiger partial charge in [-0.2, -0.15) is 0 Å². The number of likely N-dealkylation sites (N-methyl/N-ethyl adjacent to an activating group) is 1. The second-order valence-corrected chi connectivity index (χ2v) is 8.87. The number of nitrogens with zero attached hydrogens (tertiary/aromatic N) is 4. The fourth-order valence-corrected chi connectivity index (χ4v) is 5.13. The molecule has 0 aromatic heterocycles. The number of hydrogen-bond donors (Lipinski definition) is 1. The van der Waals surface area contributed by atoms with Crippen LogP contribution < -0.4 is 10.2 Å². The van der Waals surface area contributed by atoms with Crippen LogP contribution in [-0.2, 0) is 11.3 Å². The number of halogens is 1. The van der Waals surface area contributed by atoms with Crippen molar-refractivity contribution in [2.24, 2.45) is 0 Å². The first-order valence-corrected chi connectivity index (χ1v) is 11.0.